The number of carbonyl (C=O) groups excluding carboxylic acids is 5. The molecule has 16 nitrogen and oxygen atoms in total. The van der Waals surface area contributed by atoms with E-state index in [-0.39, 0.29) is 67.9 Å². The minimum absolute atomic E-state index is 0.0244. The molecular weight excluding hydrogens is 849 g/mol. The van der Waals surface area contributed by atoms with Gasteiger partial charge in [0.15, 0.2) is 6.10 Å². The number of rotatable bonds is 10. The highest BCUT2D eigenvalue weighted by atomic mass is 35.5. The normalized spacial score (nSPS) is 20.4. The molecule has 63 heavy (non-hydrogen) atoms. The zero-order valence-corrected chi connectivity index (χ0v) is 36.0. The number of para-hydroxylation sites is 1. The molecule has 7 rings (SSSR count). The van der Waals surface area contributed by atoms with Crippen molar-refractivity contribution in [3.63, 3.8) is 0 Å². The number of piperazine rings is 1. The van der Waals surface area contributed by atoms with Crippen LogP contribution in [0.1, 0.15) is 48.8 Å². The van der Waals surface area contributed by atoms with Crippen molar-refractivity contribution in [1.82, 2.24) is 29.4 Å². The van der Waals surface area contributed by atoms with Gasteiger partial charge in [-0.25, -0.2) is 14.4 Å². The Balaban J connectivity index is 0.922. The van der Waals surface area contributed by atoms with Gasteiger partial charge in [0.25, 0.3) is 5.91 Å². The van der Waals surface area contributed by atoms with E-state index in [0.29, 0.717) is 84.5 Å². The molecule has 0 aromatic heterocycles. The third kappa shape index (κ3) is 11.6. The Bertz CT molecular complexity index is 1970. The zero-order chi connectivity index (χ0) is 44.7. The number of nitrogens with one attached hydrogen (secondary N) is 1. The van der Waals surface area contributed by atoms with Crippen LogP contribution in [-0.2, 0) is 47.6 Å². The number of hydrogen-bond donors (Lipinski definition) is 2. The second kappa shape index (κ2) is 20.8. The molecule has 0 bridgehead atoms. The predicted octanol–water partition coefficient (Wildman–Crippen LogP) is 3.94. The molecule has 1 atom stereocenters. The van der Waals surface area contributed by atoms with Gasteiger partial charge in [-0.2, -0.15) is 13.2 Å². The van der Waals surface area contributed by atoms with Gasteiger partial charge in [-0.3, -0.25) is 19.4 Å². The van der Waals surface area contributed by atoms with Crippen molar-refractivity contribution in [2.45, 2.75) is 69.3 Å². The Morgan fingerprint density at radius 3 is 2.22 bits per heavy atom. The average molecular weight is 905 g/mol. The molecule has 20 heteroatoms. The molecular formula is C43H56ClF3N8O8. The monoisotopic (exact) mass is 904 g/mol. The van der Waals surface area contributed by atoms with Crippen molar-refractivity contribution in [3.05, 3.63) is 58.1 Å². The molecule has 4 fully saturated rings. The second-order valence-corrected chi connectivity index (χ2v) is 17.1. The first-order valence-electron chi connectivity index (χ1n) is 21.8. The summed E-state index contributed by atoms with van der Waals surface area (Å²) < 4.78 is 58.3. The zero-order valence-electron chi connectivity index (χ0n) is 35.3. The van der Waals surface area contributed by atoms with Crippen LogP contribution in [0.5, 0.6) is 0 Å². The number of ether oxygens (including phenoxy) is 3. The summed E-state index contributed by atoms with van der Waals surface area (Å²) in [7, 11) is 0. The van der Waals surface area contributed by atoms with Crippen LogP contribution in [0.3, 0.4) is 0 Å². The Labute approximate surface area is 369 Å². The van der Waals surface area contributed by atoms with Gasteiger partial charge in [0.05, 0.1) is 36.1 Å². The van der Waals surface area contributed by atoms with E-state index < -0.39 is 47.4 Å². The molecule has 4 saturated heterocycles. The van der Waals surface area contributed by atoms with Crippen molar-refractivity contribution < 1.29 is 51.4 Å². The van der Waals surface area contributed by atoms with Gasteiger partial charge in [-0.1, -0.05) is 29.8 Å². The SMILES string of the molecule is Nc1c(Cl)cc(C[C@@H](OC(=O)N2CCC(N3CCc4ccccc4NC3=O)CC2)C(=O)N2CCN(C3CCN(C(=O)C(=O)OCCCN4CCOCC4)CC3)CC2)cc1C(F)(F)F. The van der Waals surface area contributed by atoms with Crippen LogP contribution in [0.15, 0.2) is 36.4 Å². The van der Waals surface area contributed by atoms with Crippen molar-refractivity contribution >= 4 is 52.9 Å². The lowest BCUT2D eigenvalue weighted by Crippen LogP contribution is -2.57. The number of fused-ring (bicyclic) bond motifs is 1. The molecule has 0 saturated carbocycles. The maximum Gasteiger partial charge on any atom is 0.418 e. The first-order valence-corrected chi connectivity index (χ1v) is 22.2. The van der Waals surface area contributed by atoms with Gasteiger partial charge in [0.2, 0.25) is 0 Å². The fourth-order valence-electron chi connectivity index (χ4n) is 9.13. The Kier molecular flexibility index (Phi) is 15.2. The number of carbonyl (C=O) groups is 5. The Morgan fingerprint density at radius 1 is 0.857 bits per heavy atom. The molecule has 0 unspecified atom stereocenters. The highest BCUT2D eigenvalue weighted by Crippen LogP contribution is 2.38. The van der Waals surface area contributed by atoms with E-state index in [1.165, 1.54) is 15.9 Å². The highest BCUT2D eigenvalue weighted by Gasteiger charge is 2.39. The van der Waals surface area contributed by atoms with Crippen molar-refractivity contribution in [2.75, 3.05) is 109 Å². The Hall–Kier alpha value is -4.85. The van der Waals surface area contributed by atoms with Gasteiger partial charge >= 0.3 is 30.2 Å². The van der Waals surface area contributed by atoms with Crippen LogP contribution in [0.4, 0.5) is 34.1 Å². The minimum atomic E-state index is -4.82. The maximum absolute atomic E-state index is 14.2. The second-order valence-electron chi connectivity index (χ2n) is 16.7. The summed E-state index contributed by atoms with van der Waals surface area (Å²) >= 11 is 6.15. The number of urea groups is 1. The van der Waals surface area contributed by atoms with Crippen LogP contribution >= 0.6 is 11.6 Å². The fourth-order valence-corrected chi connectivity index (χ4v) is 9.37. The van der Waals surface area contributed by atoms with E-state index in [0.717, 1.165) is 37.0 Å². The molecule has 2 aromatic carbocycles. The van der Waals surface area contributed by atoms with Gasteiger partial charge in [0, 0.05) is 103 Å². The molecule has 5 amide bonds. The number of hydrogen-bond acceptors (Lipinski definition) is 11. The number of anilines is 2. The van der Waals surface area contributed by atoms with Crippen molar-refractivity contribution in [2.24, 2.45) is 0 Å². The van der Waals surface area contributed by atoms with Crippen LogP contribution < -0.4 is 11.1 Å². The molecule has 5 heterocycles. The lowest BCUT2D eigenvalue weighted by molar-refractivity contribution is -0.161. The first kappa shape index (κ1) is 46.2. The smallest absolute Gasteiger partial charge is 0.418 e. The van der Waals surface area contributed by atoms with E-state index in [2.05, 4.69) is 15.1 Å². The van der Waals surface area contributed by atoms with Gasteiger partial charge in [-0.15, -0.1) is 0 Å². The van der Waals surface area contributed by atoms with Crippen molar-refractivity contribution in [1.29, 1.82) is 0 Å². The summed E-state index contributed by atoms with van der Waals surface area (Å²) in [5.74, 6) is -2.06. The van der Waals surface area contributed by atoms with Crippen LogP contribution in [0.25, 0.3) is 0 Å². The summed E-state index contributed by atoms with van der Waals surface area (Å²) in [5.41, 5.74) is 5.73. The molecule has 2 aromatic rings. The summed E-state index contributed by atoms with van der Waals surface area (Å²) in [6.07, 6.45) is -3.96. The molecule has 5 aliphatic rings. The number of nitrogen functional groups attached to an aromatic ring is 1. The van der Waals surface area contributed by atoms with E-state index in [4.69, 9.17) is 31.5 Å². The van der Waals surface area contributed by atoms with E-state index in [1.54, 1.807) is 9.80 Å². The largest absolute Gasteiger partial charge is 0.458 e. The fraction of sp³-hybridized carbons (Fsp3) is 0.605. The summed E-state index contributed by atoms with van der Waals surface area (Å²) in [5, 5.41) is 2.64. The van der Waals surface area contributed by atoms with Gasteiger partial charge < -0.3 is 44.9 Å². The van der Waals surface area contributed by atoms with E-state index >= 15 is 0 Å². The standard InChI is InChI=1S/C43H56ClF3N8O8/c44-34-27-29(26-33(37(34)48)43(45,46)47)28-36(63-42(60)54-14-9-32(10-15-54)55-16-6-30-4-1-2-5-35(30)49-41(55)59)38(56)53-19-17-51(18-20-53)31-7-12-52(13-8-31)39(57)40(58)62-23-3-11-50-21-24-61-25-22-50/h1-2,4-5,26-27,31-32,36H,3,6-25,28,48H2,(H,49,59)/t36-/m1/s1. The number of esters is 1. The Morgan fingerprint density at radius 2 is 1.52 bits per heavy atom. The van der Waals surface area contributed by atoms with E-state index in [9.17, 15) is 37.1 Å². The lowest BCUT2D eigenvalue weighted by Gasteiger charge is -2.43. The lowest BCUT2D eigenvalue weighted by atomic mass is 10.0. The summed E-state index contributed by atoms with van der Waals surface area (Å²) in [6.45, 7) is 7.20. The van der Waals surface area contributed by atoms with Crippen LogP contribution in [0, 0.1) is 0 Å². The predicted molar refractivity (Wildman–Crippen MR) is 226 cm³/mol. The number of benzene rings is 2. The molecule has 0 radical (unpaired) electrons. The number of halogens is 4. The first-order chi connectivity index (χ1) is 30.2. The number of nitrogens with two attached hydrogens (primary N) is 1. The number of likely N-dealkylation sites (tertiary alicyclic amines) is 2. The van der Waals surface area contributed by atoms with Crippen molar-refractivity contribution in [3.8, 4) is 0 Å². The molecule has 0 spiro atoms. The quantitative estimate of drug-likeness (QED) is 0.153. The third-order valence-electron chi connectivity index (χ3n) is 12.8. The third-order valence-corrected chi connectivity index (χ3v) is 13.1. The summed E-state index contributed by atoms with van der Waals surface area (Å²) in [4.78, 5) is 77.2. The molecule has 344 valence electrons. The highest BCUT2D eigenvalue weighted by molar-refractivity contribution is 6.33. The number of morpholine rings is 1. The number of piperidine rings is 2. The number of alkyl halides is 3. The van der Waals surface area contributed by atoms with Crippen LogP contribution in [-0.4, -0.2) is 176 Å². The maximum atomic E-state index is 14.2. The van der Waals surface area contributed by atoms with Gasteiger partial charge in [-0.05, 0) is 67.9 Å². The topological polar surface area (TPSA) is 171 Å². The minimum Gasteiger partial charge on any atom is -0.458 e. The number of amides is 5. The summed E-state index contributed by atoms with van der Waals surface area (Å²) in [6, 6.07) is 9.45. The molecule has 5 aliphatic heterocycles. The van der Waals surface area contributed by atoms with Crippen LogP contribution in [0.2, 0.25) is 5.02 Å². The van der Waals surface area contributed by atoms with Gasteiger partial charge in [0.1, 0.15) is 0 Å². The average Bonchev–Trinajstić information content (AvgIpc) is 3.46. The molecule has 0 aliphatic carbocycles. The van der Waals surface area contributed by atoms with E-state index in [1.807, 2.05) is 24.3 Å². The number of nitrogens with zero attached hydrogens (tertiary/aromatic N) is 6. The molecule has 3 N–H and O–H groups in total.